The summed E-state index contributed by atoms with van der Waals surface area (Å²) in [6.45, 7) is 5.76. The van der Waals surface area contributed by atoms with E-state index in [1.165, 1.54) is 5.56 Å². The second kappa shape index (κ2) is 2.91. The first-order chi connectivity index (χ1) is 6.18. The van der Waals surface area contributed by atoms with Gasteiger partial charge in [-0.2, -0.15) is 0 Å². The summed E-state index contributed by atoms with van der Waals surface area (Å²) >= 11 is 0. The number of likely N-dealkylation sites (N-methyl/N-ethyl adjacent to an activating group) is 1. The van der Waals surface area contributed by atoms with E-state index in [-0.39, 0.29) is 0 Å². The molecule has 1 aromatic heterocycles. The van der Waals surface area contributed by atoms with Gasteiger partial charge in [-0.3, -0.25) is 0 Å². The van der Waals surface area contributed by atoms with Crippen molar-refractivity contribution in [2.24, 2.45) is 0 Å². The summed E-state index contributed by atoms with van der Waals surface area (Å²) < 4.78 is 5.48. The Morgan fingerprint density at radius 3 is 3.00 bits per heavy atom. The minimum Gasteiger partial charge on any atom is -0.474 e. The van der Waals surface area contributed by atoms with Crippen molar-refractivity contribution in [1.29, 1.82) is 0 Å². The van der Waals surface area contributed by atoms with Crippen LogP contribution < -0.4 is 9.64 Å². The monoisotopic (exact) mass is 178 g/mol. The van der Waals surface area contributed by atoms with Gasteiger partial charge in [-0.15, -0.1) is 0 Å². The molecule has 0 N–H and O–H groups in total. The van der Waals surface area contributed by atoms with E-state index in [9.17, 15) is 0 Å². The Morgan fingerprint density at radius 2 is 2.23 bits per heavy atom. The van der Waals surface area contributed by atoms with Crippen LogP contribution in [0.15, 0.2) is 6.07 Å². The molecular formula is C10H14N2O. The summed E-state index contributed by atoms with van der Waals surface area (Å²) in [6, 6.07) is 2.14. The quantitative estimate of drug-likeness (QED) is 0.602. The van der Waals surface area contributed by atoms with E-state index in [0.717, 1.165) is 30.4 Å². The molecule has 70 valence electrons. The van der Waals surface area contributed by atoms with E-state index < -0.39 is 0 Å². The molecule has 0 fully saturated rings. The Kier molecular flexibility index (Phi) is 1.87. The molecule has 3 nitrogen and oxygen atoms in total. The second-order valence-electron chi connectivity index (χ2n) is 3.48. The summed E-state index contributed by atoms with van der Waals surface area (Å²) in [5, 5.41) is 0. The molecule has 0 aliphatic carbocycles. The number of ether oxygens (including phenoxy) is 1. The topological polar surface area (TPSA) is 25.4 Å². The highest BCUT2D eigenvalue weighted by Gasteiger charge is 2.16. The maximum Gasteiger partial charge on any atom is 0.237 e. The van der Waals surface area contributed by atoms with E-state index in [1.54, 1.807) is 0 Å². The number of hydrogen-bond donors (Lipinski definition) is 0. The molecule has 0 saturated carbocycles. The highest BCUT2D eigenvalue weighted by Crippen LogP contribution is 2.29. The van der Waals surface area contributed by atoms with Crippen molar-refractivity contribution in [3.05, 3.63) is 17.3 Å². The second-order valence-corrected chi connectivity index (χ2v) is 3.48. The average molecular weight is 178 g/mol. The van der Waals surface area contributed by atoms with Crippen LogP contribution >= 0.6 is 0 Å². The fraction of sp³-hybridized carbons (Fsp3) is 0.500. The fourth-order valence-electron chi connectivity index (χ4n) is 1.45. The van der Waals surface area contributed by atoms with Crippen LogP contribution in [0.2, 0.25) is 0 Å². The SMILES string of the molecule is Cc1cc2c(nc1C)OCCN2C. The largest absolute Gasteiger partial charge is 0.474 e. The molecule has 13 heavy (non-hydrogen) atoms. The highest BCUT2D eigenvalue weighted by atomic mass is 16.5. The highest BCUT2D eigenvalue weighted by molar-refractivity contribution is 5.58. The lowest BCUT2D eigenvalue weighted by molar-refractivity contribution is 0.298. The number of hydrogen-bond acceptors (Lipinski definition) is 3. The van der Waals surface area contributed by atoms with Gasteiger partial charge < -0.3 is 9.64 Å². The first-order valence-corrected chi connectivity index (χ1v) is 4.50. The standard InChI is InChI=1S/C10H14N2O/c1-7-6-9-10(11-8(7)2)13-5-4-12(9)3/h6H,4-5H2,1-3H3. The van der Waals surface area contributed by atoms with Crippen molar-refractivity contribution in [3.63, 3.8) is 0 Å². The van der Waals surface area contributed by atoms with E-state index in [4.69, 9.17) is 4.74 Å². The lowest BCUT2D eigenvalue weighted by Crippen LogP contribution is -2.29. The summed E-state index contributed by atoms with van der Waals surface area (Å²) in [4.78, 5) is 6.58. The van der Waals surface area contributed by atoms with E-state index in [2.05, 4.69) is 29.9 Å². The molecule has 0 atom stereocenters. The van der Waals surface area contributed by atoms with Crippen molar-refractivity contribution >= 4 is 5.69 Å². The molecule has 1 aromatic rings. The molecule has 2 heterocycles. The summed E-state index contributed by atoms with van der Waals surface area (Å²) in [6.07, 6.45) is 0. The average Bonchev–Trinajstić information content (AvgIpc) is 2.09. The summed E-state index contributed by atoms with van der Waals surface area (Å²) in [5.74, 6) is 0.775. The minimum absolute atomic E-state index is 0.735. The molecule has 0 radical (unpaired) electrons. The molecule has 1 aliphatic rings. The number of aryl methyl sites for hydroxylation is 2. The van der Waals surface area contributed by atoms with Gasteiger partial charge in [-0.05, 0) is 25.5 Å². The van der Waals surface area contributed by atoms with Crippen LogP contribution in [0.3, 0.4) is 0 Å². The lowest BCUT2D eigenvalue weighted by Gasteiger charge is -2.27. The minimum atomic E-state index is 0.735. The first kappa shape index (κ1) is 8.35. The molecule has 0 spiro atoms. The molecule has 3 heteroatoms. The molecule has 0 bridgehead atoms. The zero-order chi connectivity index (χ0) is 9.42. The Labute approximate surface area is 78.3 Å². The van der Waals surface area contributed by atoms with Gasteiger partial charge in [-0.25, -0.2) is 4.98 Å². The molecule has 0 unspecified atom stereocenters. The van der Waals surface area contributed by atoms with Crippen molar-refractivity contribution in [1.82, 2.24) is 4.98 Å². The number of aromatic nitrogens is 1. The van der Waals surface area contributed by atoms with Crippen LogP contribution in [0.4, 0.5) is 5.69 Å². The number of fused-ring (bicyclic) bond motifs is 1. The van der Waals surface area contributed by atoms with Crippen LogP contribution in [0.25, 0.3) is 0 Å². The van der Waals surface area contributed by atoms with Gasteiger partial charge in [-0.1, -0.05) is 0 Å². The molecule has 0 amide bonds. The predicted molar refractivity (Wildman–Crippen MR) is 52.5 cm³/mol. The molecule has 0 aromatic carbocycles. The Bertz CT molecular complexity index is 336. The maximum absolute atomic E-state index is 5.48. The lowest BCUT2D eigenvalue weighted by atomic mass is 10.2. The van der Waals surface area contributed by atoms with Crippen LogP contribution in [-0.4, -0.2) is 25.2 Å². The van der Waals surface area contributed by atoms with Gasteiger partial charge in [0.05, 0.1) is 6.54 Å². The van der Waals surface area contributed by atoms with Crippen LogP contribution in [0.1, 0.15) is 11.3 Å². The van der Waals surface area contributed by atoms with Crippen LogP contribution in [-0.2, 0) is 0 Å². The zero-order valence-corrected chi connectivity index (χ0v) is 8.29. The van der Waals surface area contributed by atoms with Gasteiger partial charge in [0.25, 0.3) is 0 Å². The van der Waals surface area contributed by atoms with E-state index in [0.29, 0.717) is 0 Å². The van der Waals surface area contributed by atoms with Gasteiger partial charge in [0.1, 0.15) is 12.3 Å². The third kappa shape index (κ3) is 1.34. The number of anilines is 1. The summed E-state index contributed by atoms with van der Waals surface area (Å²) in [7, 11) is 2.07. The smallest absolute Gasteiger partial charge is 0.237 e. The van der Waals surface area contributed by atoms with E-state index in [1.807, 2.05) is 6.92 Å². The van der Waals surface area contributed by atoms with Crippen molar-refractivity contribution in [2.75, 3.05) is 25.1 Å². The Balaban J connectivity index is 2.52. The third-order valence-electron chi connectivity index (χ3n) is 2.49. The van der Waals surface area contributed by atoms with Crippen molar-refractivity contribution < 1.29 is 4.74 Å². The molecule has 2 rings (SSSR count). The molecule has 0 saturated heterocycles. The fourth-order valence-corrected chi connectivity index (χ4v) is 1.45. The summed E-state index contributed by atoms with van der Waals surface area (Å²) in [5.41, 5.74) is 3.37. The Morgan fingerprint density at radius 1 is 1.46 bits per heavy atom. The van der Waals surface area contributed by atoms with Crippen molar-refractivity contribution in [3.8, 4) is 5.88 Å². The number of rotatable bonds is 0. The maximum atomic E-state index is 5.48. The van der Waals surface area contributed by atoms with Gasteiger partial charge in [0.15, 0.2) is 0 Å². The molecular weight excluding hydrogens is 164 g/mol. The van der Waals surface area contributed by atoms with Gasteiger partial charge >= 0.3 is 0 Å². The van der Waals surface area contributed by atoms with Crippen molar-refractivity contribution in [2.45, 2.75) is 13.8 Å². The Hall–Kier alpha value is -1.25. The van der Waals surface area contributed by atoms with Gasteiger partial charge in [0, 0.05) is 12.7 Å². The third-order valence-corrected chi connectivity index (χ3v) is 2.49. The van der Waals surface area contributed by atoms with E-state index >= 15 is 0 Å². The predicted octanol–water partition coefficient (Wildman–Crippen LogP) is 1.53. The number of nitrogens with zero attached hydrogens (tertiary/aromatic N) is 2. The van der Waals surface area contributed by atoms with Crippen LogP contribution in [0, 0.1) is 13.8 Å². The van der Waals surface area contributed by atoms with Crippen LogP contribution in [0.5, 0.6) is 5.88 Å². The zero-order valence-electron chi connectivity index (χ0n) is 8.29. The molecule has 1 aliphatic heterocycles. The number of pyridine rings is 1. The normalized spacial score (nSPS) is 15.2. The van der Waals surface area contributed by atoms with Gasteiger partial charge in [0.2, 0.25) is 5.88 Å². The first-order valence-electron chi connectivity index (χ1n) is 4.50.